The number of aromatic carboxylic acids is 1. The van der Waals surface area contributed by atoms with E-state index in [0.29, 0.717) is 5.56 Å². The first kappa shape index (κ1) is 14.1. The normalized spacial score (nSPS) is 11.3. The highest BCUT2D eigenvalue weighted by atomic mass is 32.2. The van der Waals surface area contributed by atoms with Gasteiger partial charge in [0.05, 0.1) is 5.69 Å². The van der Waals surface area contributed by atoms with Gasteiger partial charge >= 0.3 is 5.97 Å². The number of aromatic amines is 1. The molecule has 0 aliphatic heterocycles. The predicted molar refractivity (Wildman–Crippen MR) is 69.7 cm³/mol. The molecule has 0 amide bonds. The maximum Gasteiger partial charge on any atom is 0.352 e. The number of carbonyl (C=O) groups is 1. The van der Waals surface area contributed by atoms with Crippen LogP contribution in [-0.4, -0.2) is 24.5 Å². The summed E-state index contributed by atoms with van der Waals surface area (Å²) in [5, 5.41) is 8.74. The Morgan fingerprint density at radius 1 is 1.35 bits per heavy atom. The fourth-order valence-corrected chi connectivity index (χ4v) is 2.72. The number of aromatic nitrogens is 1. The molecule has 0 saturated carbocycles. The highest BCUT2D eigenvalue weighted by Crippen LogP contribution is 2.20. The molecule has 0 saturated heterocycles. The van der Waals surface area contributed by atoms with E-state index in [1.165, 1.54) is 12.1 Å². The van der Waals surface area contributed by atoms with E-state index in [2.05, 4.69) is 9.71 Å². The molecule has 0 unspecified atom stereocenters. The van der Waals surface area contributed by atoms with E-state index in [1.807, 2.05) is 0 Å². The van der Waals surface area contributed by atoms with E-state index in [9.17, 15) is 17.6 Å². The molecular formula is C12H11FN2O4S. The van der Waals surface area contributed by atoms with Crippen LogP contribution in [0.15, 0.2) is 35.4 Å². The molecule has 3 N–H and O–H groups in total. The molecule has 20 heavy (non-hydrogen) atoms. The Morgan fingerprint density at radius 2 is 2.05 bits per heavy atom. The first-order chi connectivity index (χ1) is 9.29. The maximum absolute atomic E-state index is 12.9. The average molecular weight is 298 g/mol. The molecule has 2 aromatic rings. The summed E-state index contributed by atoms with van der Waals surface area (Å²) in [4.78, 5) is 12.8. The van der Waals surface area contributed by atoms with Crippen LogP contribution in [0.2, 0.25) is 0 Å². The van der Waals surface area contributed by atoms with Crippen LogP contribution in [0.1, 0.15) is 16.1 Å². The summed E-state index contributed by atoms with van der Waals surface area (Å²) >= 11 is 0. The fourth-order valence-electron chi connectivity index (χ4n) is 1.60. The lowest BCUT2D eigenvalue weighted by atomic mass is 10.2. The van der Waals surface area contributed by atoms with E-state index in [0.717, 1.165) is 18.3 Å². The van der Waals surface area contributed by atoms with Crippen molar-refractivity contribution < 1.29 is 22.7 Å². The molecule has 8 heteroatoms. The summed E-state index contributed by atoms with van der Waals surface area (Å²) in [5.41, 5.74) is 0.410. The zero-order chi connectivity index (χ0) is 14.9. The summed E-state index contributed by atoms with van der Waals surface area (Å²) in [5.74, 6) is -1.73. The van der Waals surface area contributed by atoms with Crippen LogP contribution in [0.25, 0.3) is 0 Å². The van der Waals surface area contributed by atoms with Gasteiger partial charge in [0.2, 0.25) is 0 Å². The summed E-state index contributed by atoms with van der Waals surface area (Å²) < 4.78 is 39.3. The Balaban J connectivity index is 2.33. The van der Waals surface area contributed by atoms with Gasteiger partial charge in [-0.2, -0.15) is 0 Å². The van der Waals surface area contributed by atoms with Gasteiger partial charge in [-0.25, -0.2) is 17.6 Å². The Bertz CT molecular complexity index is 768. The second kappa shape index (κ2) is 4.97. The van der Waals surface area contributed by atoms with Gasteiger partial charge in [0, 0.05) is 6.20 Å². The number of hydrogen-bond donors (Lipinski definition) is 3. The lowest BCUT2D eigenvalue weighted by Crippen LogP contribution is -2.13. The third-order valence-corrected chi connectivity index (χ3v) is 3.97. The Labute approximate surface area is 114 Å². The number of carboxylic acid groups (broad SMARTS) is 1. The van der Waals surface area contributed by atoms with Crippen LogP contribution >= 0.6 is 0 Å². The molecule has 0 radical (unpaired) electrons. The largest absolute Gasteiger partial charge is 0.477 e. The highest BCUT2D eigenvalue weighted by molar-refractivity contribution is 7.92. The lowest BCUT2D eigenvalue weighted by Gasteiger charge is -2.09. The van der Waals surface area contributed by atoms with Crippen molar-refractivity contribution in [1.29, 1.82) is 0 Å². The second-order valence-corrected chi connectivity index (χ2v) is 5.80. The molecule has 0 fully saturated rings. The summed E-state index contributed by atoms with van der Waals surface area (Å²) in [6.45, 7) is 1.56. The number of benzene rings is 1. The zero-order valence-corrected chi connectivity index (χ0v) is 11.2. The lowest BCUT2D eigenvalue weighted by molar-refractivity contribution is 0.0691. The van der Waals surface area contributed by atoms with Crippen LogP contribution in [0.3, 0.4) is 0 Å². The number of carboxylic acids is 1. The minimum absolute atomic E-state index is 0.210. The van der Waals surface area contributed by atoms with Crippen molar-refractivity contribution in [3.63, 3.8) is 0 Å². The van der Waals surface area contributed by atoms with E-state index in [1.54, 1.807) is 6.92 Å². The van der Waals surface area contributed by atoms with Gasteiger partial charge in [-0.15, -0.1) is 0 Å². The molecule has 1 heterocycles. The Morgan fingerprint density at radius 3 is 2.60 bits per heavy atom. The molecule has 0 aliphatic rings. The second-order valence-electron chi connectivity index (χ2n) is 4.12. The zero-order valence-electron chi connectivity index (χ0n) is 10.3. The van der Waals surface area contributed by atoms with E-state index >= 15 is 0 Å². The van der Waals surface area contributed by atoms with Gasteiger partial charge in [0.15, 0.2) is 0 Å². The van der Waals surface area contributed by atoms with Gasteiger partial charge in [0.25, 0.3) is 10.0 Å². The van der Waals surface area contributed by atoms with Crippen LogP contribution in [-0.2, 0) is 10.0 Å². The topological polar surface area (TPSA) is 99.3 Å². The maximum atomic E-state index is 12.9. The number of H-pyrrole nitrogens is 1. The van der Waals surface area contributed by atoms with Crippen LogP contribution in [0.5, 0.6) is 0 Å². The van der Waals surface area contributed by atoms with Crippen molar-refractivity contribution >= 4 is 21.7 Å². The average Bonchev–Trinajstić information content (AvgIpc) is 2.83. The first-order valence-corrected chi connectivity index (χ1v) is 6.98. The summed E-state index contributed by atoms with van der Waals surface area (Å²) in [7, 11) is -3.93. The standard InChI is InChI=1S/C12H11FN2O4S/c1-7-4-8(13)2-3-10(7)15-20(18,19)9-5-11(12(16)17)14-6-9/h2-6,14-15H,1H3,(H,16,17). The minimum Gasteiger partial charge on any atom is -0.477 e. The van der Waals surface area contributed by atoms with Gasteiger partial charge in [-0.1, -0.05) is 0 Å². The Hall–Kier alpha value is -2.35. The molecular weight excluding hydrogens is 287 g/mol. The molecule has 0 spiro atoms. The van der Waals surface area contributed by atoms with Crippen molar-refractivity contribution in [1.82, 2.24) is 4.98 Å². The number of sulfonamides is 1. The van der Waals surface area contributed by atoms with E-state index in [-0.39, 0.29) is 16.3 Å². The predicted octanol–water partition coefficient (Wildman–Crippen LogP) is 1.96. The fraction of sp³-hybridized carbons (Fsp3) is 0.0833. The molecule has 6 nitrogen and oxygen atoms in total. The molecule has 0 aliphatic carbocycles. The monoisotopic (exact) mass is 298 g/mol. The van der Waals surface area contributed by atoms with Crippen LogP contribution < -0.4 is 4.72 Å². The summed E-state index contributed by atoms with van der Waals surface area (Å²) in [6, 6.07) is 4.62. The van der Waals surface area contributed by atoms with Crippen molar-refractivity contribution in [3.8, 4) is 0 Å². The number of rotatable bonds is 4. The van der Waals surface area contributed by atoms with Crippen molar-refractivity contribution in [2.24, 2.45) is 0 Å². The number of anilines is 1. The third kappa shape index (κ3) is 2.80. The molecule has 0 bridgehead atoms. The number of halogens is 1. The number of aryl methyl sites for hydroxylation is 1. The van der Waals surface area contributed by atoms with Crippen molar-refractivity contribution in [2.45, 2.75) is 11.8 Å². The minimum atomic E-state index is -3.93. The van der Waals surface area contributed by atoms with Gasteiger partial charge in [-0.3, -0.25) is 4.72 Å². The smallest absolute Gasteiger partial charge is 0.352 e. The number of nitrogens with one attached hydrogen (secondary N) is 2. The van der Waals surface area contributed by atoms with Crippen molar-refractivity contribution in [3.05, 3.63) is 47.5 Å². The van der Waals surface area contributed by atoms with Gasteiger partial charge in [-0.05, 0) is 36.8 Å². The molecule has 1 aromatic carbocycles. The Kier molecular flexibility index (Phi) is 3.49. The van der Waals surface area contributed by atoms with E-state index < -0.39 is 21.8 Å². The SMILES string of the molecule is Cc1cc(F)ccc1NS(=O)(=O)c1c[nH]c(C(=O)O)c1. The van der Waals surface area contributed by atoms with Crippen LogP contribution in [0.4, 0.5) is 10.1 Å². The quantitative estimate of drug-likeness (QED) is 0.803. The van der Waals surface area contributed by atoms with Crippen LogP contribution in [0, 0.1) is 12.7 Å². The molecule has 2 rings (SSSR count). The number of hydrogen-bond acceptors (Lipinski definition) is 3. The third-order valence-electron chi connectivity index (χ3n) is 2.63. The van der Waals surface area contributed by atoms with Gasteiger partial charge in [0.1, 0.15) is 16.4 Å². The van der Waals surface area contributed by atoms with Gasteiger partial charge < -0.3 is 10.1 Å². The molecule has 106 valence electrons. The highest BCUT2D eigenvalue weighted by Gasteiger charge is 2.19. The first-order valence-electron chi connectivity index (χ1n) is 5.50. The summed E-state index contributed by atoms with van der Waals surface area (Å²) in [6.07, 6.45) is 1.07. The van der Waals surface area contributed by atoms with E-state index in [4.69, 9.17) is 5.11 Å². The molecule has 1 aromatic heterocycles. The van der Waals surface area contributed by atoms with Crippen molar-refractivity contribution in [2.75, 3.05) is 4.72 Å². The molecule has 0 atom stereocenters.